The highest BCUT2D eigenvalue weighted by Crippen LogP contribution is 2.08. The van der Waals surface area contributed by atoms with Gasteiger partial charge in [-0.3, -0.25) is 4.90 Å². The minimum absolute atomic E-state index is 0.652. The summed E-state index contributed by atoms with van der Waals surface area (Å²) in [5.41, 5.74) is 7.77. The first-order chi connectivity index (χ1) is 8.22. The van der Waals surface area contributed by atoms with Gasteiger partial charge in [-0.1, -0.05) is 12.1 Å². The molecule has 1 rings (SSSR count). The highest BCUT2D eigenvalue weighted by Gasteiger charge is 2.00. The van der Waals surface area contributed by atoms with Gasteiger partial charge in [0.25, 0.3) is 0 Å². The summed E-state index contributed by atoms with van der Waals surface area (Å²) in [6.45, 7) is 3.82. The molecule has 0 heterocycles. The SMILES string of the molecule is COCCOCCN(C)Cc1cccc(N)c1. The second-order valence-electron chi connectivity index (χ2n) is 4.09. The van der Waals surface area contributed by atoms with E-state index in [-0.39, 0.29) is 0 Å². The van der Waals surface area contributed by atoms with E-state index in [9.17, 15) is 0 Å². The molecule has 4 nitrogen and oxygen atoms in total. The topological polar surface area (TPSA) is 47.7 Å². The summed E-state index contributed by atoms with van der Waals surface area (Å²) in [5, 5.41) is 0. The van der Waals surface area contributed by atoms with Crippen molar-refractivity contribution in [1.82, 2.24) is 4.90 Å². The van der Waals surface area contributed by atoms with Crippen LogP contribution in [0.1, 0.15) is 5.56 Å². The normalized spacial score (nSPS) is 11.0. The van der Waals surface area contributed by atoms with E-state index >= 15 is 0 Å². The third kappa shape index (κ3) is 6.26. The van der Waals surface area contributed by atoms with Crippen molar-refractivity contribution in [1.29, 1.82) is 0 Å². The van der Waals surface area contributed by atoms with E-state index in [0.717, 1.165) is 25.4 Å². The van der Waals surface area contributed by atoms with Crippen LogP contribution in [0.3, 0.4) is 0 Å². The Hall–Kier alpha value is -1.10. The maximum Gasteiger partial charge on any atom is 0.0700 e. The Bertz CT molecular complexity index is 318. The van der Waals surface area contributed by atoms with E-state index in [2.05, 4.69) is 18.0 Å². The molecule has 0 unspecified atom stereocenters. The fourth-order valence-electron chi connectivity index (χ4n) is 1.55. The quantitative estimate of drug-likeness (QED) is 0.549. The fraction of sp³-hybridized carbons (Fsp3) is 0.538. The van der Waals surface area contributed by atoms with Gasteiger partial charge in [0.15, 0.2) is 0 Å². The number of hydrogen-bond acceptors (Lipinski definition) is 4. The smallest absolute Gasteiger partial charge is 0.0700 e. The average molecular weight is 238 g/mol. The second-order valence-corrected chi connectivity index (χ2v) is 4.09. The Kier molecular flexibility index (Phi) is 6.62. The molecule has 0 radical (unpaired) electrons. The molecule has 4 heteroatoms. The third-order valence-corrected chi connectivity index (χ3v) is 2.45. The lowest BCUT2D eigenvalue weighted by atomic mass is 10.2. The van der Waals surface area contributed by atoms with Gasteiger partial charge in [-0.15, -0.1) is 0 Å². The second kappa shape index (κ2) is 8.06. The van der Waals surface area contributed by atoms with Gasteiger partial charge in [0.05, 0.1) is 19.8 Å². The Balaban J connectivity index is 2.18. The summed E-state index contributed by atoms with van der Waals surface area (Å²) in [6.07, 6.45) is 0. The first-order valence-electron chi connectivity index (χ1n) is 5.82. The Morgan fingerprint density at radius 3 is 2.76 bits per heavy atom. The van der Waals surface area contributed by atoms with Crippen molar-refractivity contribution >= 4 is 5.69 Å². The van der Waals surface area contributed by atoms with Crippen molar-refractivity contribution in [2.75, 3.05) is 46.3 Å². The number of anilines is 1. The Morgan fingerprint density at radius 1 is 1.24 bits per heavy atom. The molecule has 17 heavy (non-hydrogen) atoms. The van der Waals surface area contributed by atoms with E-state index in [4.69, 9.17) is 15.2 Å². The summed E-state index contributed by atoms with van der Waals surface area (Å²) < 4.78 is 10.3. The predicted octanol–water partition coefficient (Wildman–Crippen LogP) is 1.36. The van der Waals surface area contributed by atoms with Crippen molar-refractivity contribution in [3.63, 3.8) is 0 Å². The van der Waals surface area contributed by atoms with E-state index < -0.39 is 0 Å². The number of rotatable bonds is 8. The first-order valence-corrected chi connectivity index (χ1v) is 5.82. The minimum Gasteiger partial charge on any atom is -0.399 e. The molecule has 0 bridgehead atoms. The van der Waals surface area contributed by atoms with Crippen LogP contribution in [-0.2, 0) is 16.0 Å². The monoisotopic (exact) mass is 238 g/mol. The van der Waals surface area contributed by atoms with Crippen LogP contribution < -0.4 is 5.73 Å². The van der Waals surface area contributed by atoms with E-state index in [0.29, 0.717) is 13.2 Å². The van der Waals surface area contributed by atoms with Crippen molar-refractivity contribution in [2.24, 2.45) is 0 Å². The van der Waals surface area contributed by atoms with Crippen LogP contribution in [-0.4, -0.2) is 45.4 Å². The zero-order valence-electron chi connectivity index (χ0n) is 10.7. The molecular weight excluding hydrogens is 216 g/mol. The van der Waals surface area contributed by atoms with Crippen LogP contribution in [0.2, 0.25) is 0 Å². The third-order valence-electron chi connectivity index (χ3n) is 2.45. The molecule has 0 saturated heterocycles. The number of likely N-dealkylation sites (N-methyl/N-ethyl adjacent to an activating group) is 1. The molecule has 0 aliphatic carbocycles. The number of nitrogens with zero attached hydrogens (tertiary/aromatic N) is 1. The summed E-state index contributed by atoms with van der Waals surface area (Å²) in [5.74, 6) is 0. The molecule has 0 atom stereocenters. The standard InChI is InChI=1S/C13H22N2O2/c1-15(6-7-17-9-8-16-2)11-12-4-3-5-13(14)10-12/h3-5,10H,6-9,11,14H2,1-2H3. The Labute approximate surface area is 103 Å². The van der Waals surface area contributed by atoms with E-state index in [1.54, 1.807) is 7.11 Å². The summed E-state index contributed by atoms with van der Waals surface area (Å²) >= 11 is 0. The van der Waals surface area contributed by atoms with Gasteiger partial charge < -0.3 is 15.2 Å². The largest absolute Gasteiger partial charge is 0.399 e. The summed E-state index contributed by atoms with van der Waals surface area (Å²) in [7, 11) is 3.75. The summed E-state index contributed by atoms with van der Waals surface area (Å²) in [4.78, 5) is 2.21. The van der Waals surface area contributed by atoms with Gasteiger partial charge in [-0.25, -0.2) is 0 Å². The van der Waals surface area contributed by atoms with Crippen LogP contribution >= 0.6 is 0 Å². The molecule has 1 aromatic rings. The van der Waals surface area contributed by atoms with Crippen LogP contribution in [0.4, 0.5) is 5.69 Å². The average Bonchev–Trinajstić information content (AvgIpc) is 2.29. The number of nitrogen functional groups attached to an aromatic ring is 1. The van der Waals surface area contributed by atoms with Gasteiger partial charge in [0.1, 0.15) is 0 Å². The predicted molar refractivity (Wildman–Crippen MR) is 69.9 cm³/mol. The van der Waals surface area contributed by atoms with Crippen LogP contribution in [0.25, 0.3) is 0 Å². The molecule has 0 fully saturated rings. The van der Waals surface area contributed by atoms with E-state index in [1.165, 1.54) is 5.56 Å². The molecule has 1 aromatic carbocycles. The zero-order valence-corrected chi connectivity index (χ0v) is 10.7. The fourth-order valence-corrected chi connectivity index (χ4v) is 1.55. The first kappa shape index (κ1) is 14.0. The Morgan fingerprint density at radius 2 is 2.06 bits per heavy atom. The van der Waals surface area contributed by atoms with Crippen LogP contribution in [0.5, 0.6) is 0 Å². The number of benzene rings is 1. The number of nitrogens with two attached hydrogens (primary N) is 1. The highest BCUT2D eigenvalue weighted by molar-refractivity contribution is 5.40. The van der Waals surface area contributed by atoms with Gasteiger partial charge in [-0.2, -0.15) is 0 Å². The van der Waals surface area contributed by atoms with Crippen molar-refractivity contribution in [2.45, 2.75) is 6.54 Å². The highest BCUT2D eigenvalue weighted by atomic mass is 16.5. The van der Waals surface area contributed by atoms with Crippen molar-refractivity contribution in [3.8, 4) is 0 Å². The molecular formula is C13H22N2O2. The molecule has 2 N–H and O–H groups in total. The van der Waals surface area contributed by atoms with Gasteiger partial charge in [0, 0.05) is 25.9 Å². The molecule has 0 amide bonds. The van der Waals surface area contributed by atoms with Gasteiger partial charge >= 0.3 is 0 Å². The maximum absolute atomic E-state index is 5.73. The molecule has 0 saturated carbocycles. The van der Waals surface area contributed by atoms with Crippen LogP contribution in [0.15, 0.2) is 24.3 Å². The molecule has 0 aliphatic heterocycles. The maximum atomic E-state index is 5.73. The molecule has 96 valence electrons. The molecule has 0 aliphatic rings. The minimum atomic E-state index is 0.652. The van der Waals surface area contributed by atoms with Gasteiger partial charge in [-0.05, 0) is 24.7 Å². The van der Waals surface area contributed by atoms with Crippen LogP contribution in [0, 0.1) is 0 Å². The lowest BCUT2D eigenvalue weighted by Crippen LogP contribution is -2.23. The number of hydrogen-bond donors (Lipinski definition) is 1. The molecule has 0 spiro atoms. The molecule has 0 aromatic heterocycles. The number of ether oxygens (including phenoxy) is 2. The lowest BCUT2D eigenvalue weighted by molar-refractivity contribution is 0.0598. The lowest BCUT2D eigenvalue weighted by Gasteiger charge is -2.16. The zero-order chi connectivity index (χ0) is 12.5. The number of methoxy groups -OCH3 is 1. The van der Waals surface area contributed by atoms with Crippen molar-refractivity contribution < 1.29 is 9.47 Å². The summed E-state index contributed by atoms with van der Waals surface area (Å²) in [6, 6.07) is 7.96. The van der Waals surface area contributed by atoms with E-state index in [1.807, 2.05) is 18.2 Å². The van der Waals surface area contributed by atoms with Crippen molar-refractivity contribution in [3.05, 3.63) is 29.8 Å². The van der Waals surface area contributed by atoms with Gasteiger partial charge in [0.2, 0.25) is 0 Å².